The first-order valence-corrected chi connectivity index (χ1v) is 9.94. The molecule has 2 N–H and O–H groups in total. The zero-order chi connectivity index (χ0) is 22.0. The Morgan fingerprint density at radius 2 is 2.23 bits per heavy atom. The largest absolute Gasteiger partial charge is 0.486 e. The van der Waals surface area contributed by atoms with E-state index in [9.17, 15) is 14.3 Å². The Labute approximate surface area is 182 Å². The summed E-state index contributed by atoms with van der Waals surface area (Å²) in [5, 5.41) is 12.3. The lowest BCUT2D eigenvalue weighted by molar-refractivity contribution is 0.0922. The third-order valence-electron chi connectivity index (χ3n) is 4.72. The van der Waals surface area contributed by atoms with E-state index in [1.54, 1.807) is 24.1 Å². The molecule has 0 fully saturated rings. The van der Waals surface area contributed by atoms with Gasteiger partial charge in [0.05, 0.1) is 36.2 Å². The van der Waals surface area contributed by atoms with E-state index in [0.717, 1.165) is 0 Å². The number of carbonyl (C=O) groups excluding carboxylic acids is 1. The molecule has 1 aliphatic heterocycles. The van der Waals surface area contributed by atoms with Gasteiger partial charge in [-0.3, -0.25) is 9.78 Å². The van der Waals surface area contributed by atoms with Crippen molar-refractivity contribution in [2.24, 2.45) is 0 Å². The molecule has 2 aromatic heterocycles. The van der Waals surface area contributed by atoms with E-state index in [4.69, 9.17) is 16.3 Å². The molecule has 4 rings (SSSR count). The summed E-state index contributed by atoms with van der Waals surface area (Å²) in [7, 11) is 0. The Balaban J connectivity index is 1.77. The van der Waals surface area contributed by atoms with Crippen LogP contribution in [0.3, 0.4) is 0 Å². The smallest absolute Gasteiger partial charge is 0.255 e. The number of hydrogen-bond donors (Lipinski definition) is 2. The number of ether oxygens (including phenoxy) is 1. The number of halogens is 2. The molecule has 31 heavy (non-hydrogen) atoms. The summed E-state index contributed by atoms with van der Waals surface area (Å²) < 4.78 is 20.0. The summed E-state index contributed by atoms with van der Waals surface area (Å²) in [6.07, 6.45) is 4.48. The molecule has 1 aromatic carbocycles. The van der Waals surface area contributed by atoms with Crippen molar-refractivity contribution >= 4 is 29.0 Å². The number of aromatic nitrogens is 3. The highest BCUT2D eigenvalue weighted by Crippen LogP contribution is 2.37. The van der Waals surface area contributed by atoms with Crippen molar-refractivity contribution in [2.45, 2.75) is 13.0 Å². The molecule has 1 amide bonds. The van der Waals surface area contributed by atoms with Crippen LogP contribution in [0.1, 0.15) is 17.3 Å². The average molecular weight is 444 g/mol. The molecule has 0 saturated carbocycles. The Morgan fingerprint density at radius 1 is 1.39 bits per heavy atom. The average Bonchev–Trinajstić information content (AvgIpc) is 2.79. The van der Waals surface area contributed by atoms with Gasteiger partial charge in [0.15, 0.2) is 17.4 Å². The van der Waals surface area contributed by atoms with E-state index in [0.29, 0.717) is 41.0 Å². The number of pyridine rings is 1. The number of fused-ring (bicyclic) bond motifs is 1. The normalized spacial score (nSPS) is 13.9. The molecule has 3 heterocycles. The van der Waals surface area contributed by atoms with Gasteiger partial charge in [-0.1, -0.05) is 11.6 Å². The Hall–Kier alpha value is -3.30. The van der Waals surface area contributed by atoms with Crippen LogP contribution in [0.25, 0.3) is 11.4 Å². The maximum absolute atomic E-state index is 14.4. The molecule has 1 unspecified atom stereocenters. The number of aliphatic hydroxyl groups is 1. The molecule has 0 spiro atoms. The Bertz CT molecular complexity index is 1130. The highest BCUT2D eigenvalue weighted by atomic mass is 35.5. The van der Waals surface area contributed by atoms with E-state index in [1.807, 2.05) is 0 Å². The van der Waals surface area contributed by atoms with E-state index in [1.165, 1.54) is 30.6 Å². The van der Waals surface area contributed by atoms with Crippen LogP contribution < -0.4 is 15.0 Å². The number of carbonyl (C=O) groups is 1. The monoisotopic (exact) mass is 443 g/mol. The second-order valence-corrected chi connectivity index (χ2v) is 7.39. The summed E-state index contributed by atoms with van der Waals surface area (Å²) in [5.41, 5.74) is 1.02. The number of anilines is 2. The van der Waals surface area contributed by atoms with Crippen molar-refractivity contribution in [2.75, 3.05) is 24.7 Å². The molecule has 0 saturated heterocycles. The predicted octanol–water partition coefficient (Wildman–Crippen LogP) is 2.97. The maximum atomic E-state index is 14.4. The van der Waals surface area contributed by atoms with Gasteiger partial charge >= 0.3 is 0 Å². The van der Waals surface area contributed by atoms with Crippen LogP contribution in [0.2, 0.25) is 5.02 Å². The predicted molar refractivity (Wildman–Crippen MR) is 113 cm³/mol. The van der Waals surface area contributed by atoms with E-state index >= 15 is 0 Å². The number of nitrogens with zero attached hydrogens (tertiary/aromatic N) is 4. The second kappa shape index (κ2) is 8.83. The van der Waals surface area contributed by atoms with Crippen LogP contribution in [0.5, 0.6) is 5.75 Å². The van der Waals surface area contributed by atoms with E-state index < -0.39 is 11.9 Å². The summed E-state index contributed by atoms with van der Waals surface area (Å²) in [5.74, 6) is 0.0566. The van der Waals surface area contributed by atoms with Gasteiger partial charge in [-0.05, 0) is 31.2 Å². The van der Waals surface area contributed by atoms with E-state index in [2.05, 4.69) is 20.3 Å². The van der Waals surface area contributed by atoms with Gasteiger partial charge in [-0.15, -0.1) is 0 Å². The number of amides is 1. The lowest BCUT2D eigenvalue weighted by Crippen LogP contribution is -2.37. The number of benzene rings is 1. The molecule has 3 aromatic rings. The molecule has 160 valence electrons. The number of aliphatic hydroxyl groups excluding tert-OH is 1. The van der Waals surface area contributed by atoms with Crippen molar-refractivity contribution in [1.29, 1.82) is 0 Å². The van der Waals surface area contributed by atoms with Gasteiger partial charge < -0.3 is 20.1 Å². The maximum Gasteiger partial charge on any atom is 0.255 e. The minimum atomic E-state index is -0.505. The summed E-state index contributed by atoms with van der Waals surface area (Å²) >= 11 is 6.02. The van der Waals surface area contributed by atoms with Crippen LogP contribution in [0, 0.1) is 5.82 Å². The van der Waals surface area contributed by atoms with Gasteiger partial charge in [0.1, 0.15) is 12.4 Å². The molecule has 10 heteroatoms. The van der Waals surface area contributed by atoms with Crippen molar-refractivity contribution < 1.29 is 19.0 Å². The summed E-state index contributed by atoms with van der Waals surface area (Å²) in [4.78, 5) is 27.3. The highest BCUT2D eigenvalue weighted by Gasteiger charge is 2.27. The summed E-state index contributed by atoms with van der Waals surface area (Å²) in [6, 6.07) is 5.42. The Kier molecular flexibility index (Phi) is 5.97. The first-order valence-electron chi connectivity index (χ1n) is 9.56. The third-order valence-corrected chi connectivity index (χ3v) is 4.95. The molecular weight excluding hydrogens is 425 g/mol. The quantitative estimate of drug-likeness (QED) is 0.625. The number of hydrogen-bond acceptors (Lipinski definition) is 7. The van der Waals surface area contributed by atoms with Crippen LogP contribution >= 0.6 is 11.6 Å². The van der Waals surface area contributed by atoms with Crippen LogP contribution in [-0.4, -0.2) is 51.8 Å². The molecule has 0 aliphatic carbocycles. The minimum Gasteiger partial charge on any atom is -0.486 e. The molecule has 1 atom stereocenters. The summed E-state index contributed by atoms with van der Waals surface area (Å²) in [6.45, 7) is 2.25. The molecular formula is C21H19ClFN5O3. The van der Waals surface area contributed by atoms with Crippen molar-refractivity contribution in [3.8, 4) is 17.1 Å². The van der Waals surface area contributed by atoms with Gasteiger partial charge in [0, 0.05) is 23.5 Å². The zero-order valence-corrected chi connectivity index (χ0v) is 17.3. The Morgan fingerprint density at radius 3 is 3.03 bits per heavy atom. The standard InChI is InChI=1S/C21H19ClFN5O3/c1-12(11-29)26-21(30)15-9-24-5-4-17(15)28-6-7-31-18-10-25-19(27-20(18)28)14-8-13(22)2-3-16(14)23/h2-5,8-10,12,29H,6-7,11H2,1H3,(H,26,30). The first kappa shape index (κ1) is 21.0. The lowest BCUT2D eigenvalue weighted by atomic mass is 10.1. The van der Waals surface area contributed by atoms with Gasteiger partial charge in [0.2, 0.25) is 0 Å². The molecule has 8 nitrogen and oxygen atoms in total. The van der Waals surface area contributed by atoms with Crippen molar-refractivity contribution in [3.63, 3.8) is 0 Å². The topological polar surface area (TPSA) is 100 Å². The molecule has 0 radical (unpaired) electrons. The zero-order valence-electron chi connectivity index (χ0n) is 16.5. The van der Waals surface area contributed by atoms with Crippen LogP contribution in [-0.2, 0) is 0 Å². The van der Waals surface area contributed by atoms with Gasteiger partial charge in [0.25, 0.3) is 5.91 Å². The molecule has 0 bridgehead atoms. The lowest BCUT2D eigenvalue weighted by Gasteiger charge is -2.31. The fourth-order valence-electron chi connectivity index (χ4n) is 3.19. The highest BCUT2D eigenvalue weighted by molar-refractivity contribution is 6.30. The fourth-order valence-corrected chi connectivity index (χ4v) is 3.36. The minimum absolute atomic E-state index is 0.142. The SMILES string of the molecule is CC(CO)NC(=O)c1cnccc1N1CCOc2cnc(-c3cc(Cl)ccc3F)nc21. The molecule has 1 aliphatic rings. The third kappa shape index (κ3) is 4.28. The van der Waals surface area contributed by atoms with Crippen molar-refractivity contribution in [1.82, 2.24) is 20.3 Å². The van der Waals surface area contributed by atoms with Gasteiger partial charge in [-0.25, -0.2) is 14.4 Å². The van der Waals surface area contributed by atoms with Crippen LogP contribution in [0.15, 0.2) is 42.9 Å². The van der Waals surface area contributed by atoms with E-state index in [-0.39, 0.29) is 23.9 Å². The van der Waals surface area contributed by atoms with Crippen molar-refractivity contribution in [3.05, 3.63) is 59.3 Å². The second-order valence-electron chi connectivity index (χ2n) is 6.96. The number of nitrogens with one attached hydrogen (secondary N) is 1. The van der Waals surface area contributed by atoms with Gasteiger partial charge in [-0.2, -0.15) is 0 Å². The first-order chi connectivity index (χ1) is 15.0. The number of rotatable bonds is 5. The van der Waals surface area contributed by atoms with Crippen LogP contribution in [0.4, 0.5) is 15.9 Å². The fraction of sp³-hybridized carbons (Fsp3) is 0.238.